The van der Waals surface area contributed by atoms with Gasteiger partial charge in [0.05, 0.1) is 11.9 Å². The van der Waals surface area contributed by atoms with E-state index >= 15 is 0 Å². The van der Waals surface area contributed by atoms with Crippen LogP contribution >= 0.6 is 0 Å². The maximum atomic E-state index is 8.78. The van der Waals surface area contributed by atoms with E-state index < -0.39 is 0 Å². The van der Waals surface area contributed by atoms with E-state index in [1.807, 2.05) is 6.07 Å². The van der Waals surface area contributed by atoms with Gasteiger partial charge < -0.3 is 4.90 Å². The van der Waals surface area contributed by atoms with Gasteiger partial charge in [-0.2, -0.15) is 5.26 Å². The minimum Gasteiger partial charge on any atom is -0.370 e. The van der Waals surface area contributed by atoms with E-state index in [2.05, 4.69) is 40.2 Å². The van der Waals surface area contributed by atoms with Gasteiger partial charge in [0.25, 0.3) is 0 Å². The second kappa shape index (κ2) is 5.11. The Labute approximate surface area is 113 Å². The van der Waals surface area contributed by atoms with Crippen LogP contribution in [0.1, 0.15) is 16.8 Å². The van der Waals surface area contributed by atoms with Gasteiger partial charge in [-0.25, -0.2) is 4.98 Å². The highest BCUT2D eigenvalue weighted by Gasteiger charge is 2.14. The van der Waals surface area contributed by atoms with Crippen LogP contribution in [0.15, 0.2) is 42.6 Å². The molecule has 0 aliphatic carbocycles. The largest absolute Gasteiger partial charge is 0.370 e. The first-order valence-electron chi connectivity index (χ1n) is 6.55. The third-order valence-corrected chi connectivity index (χ3v) is 3.65. The van der Waals surface area contributed by atoms with Crippen molar-refractivity contribution in [3.63, 3.8) is 0 Å². The zero-order valence-electron chi connectivity index (χ0n) is 10.7. The van der Waals surface area contributed by atoms with Gasteiger partial charge in [-0.15, -0.1) is 0 Å². The summed E-state index contributed by atoms with van der Waals surface area (Å²) >= 11 is 0. The second-order valence-corrected chi connectivity index (χ2v) is 4.77. The number of rotatable bonds is 1. The molecular formula is C16H15N3. The molecule has 0 bridgehead atoms. The van der Waals surface area contributed by atoms with Crippen molar-refractivity contribution in [3.8, 4) is 6.07 Å². The fourth-order valence-corrected chi connectivity index (χ4v) is 2.57. The van der Waals surface area contributed by atoms with Crippen molar-refractivity contribution >= 4 is 5.69 Å². The Kier molecular flexibility index (Phi) is 3.16. The minimum absolute atomic E-state index is 0.474. The summed E-state index contributed by atoms with van der Waals surface area (Å²) in [7, 11) is 0. The molecule has 3 heteroatoms. The van der Waals surface area contributed by atoms with E-state index in [1.165, 1.54) is 11.1 Å². The van der Waals surface area contributed by atoms with Crippen molar-refractivity contribution in [2.45, 2.75) is 12.8 Å². The van der Waals surface area contributed by atoms with Crippen molar-refractivity contribution in [2.24, 2.45) is 0 Å². The first kappa shape index (κ1) is 11.7. The first-order valence-corrected chi connectivity index (χ1v) is 6.55. The third-order valence-electron chi connectivity index (χ3n) is 3.65. The lowest BCUT2D eigenvalue weighted by atomic mass is 10.0. The average Bonchev–Trinajstić information content (AvgIpc) is 2.70. The monoisotopic (exact) mass is 249 g/mol. The molecule has 0 amide bonds. The highest BCUT2D eigenvalue weighted by Crippen LogP contribution is 2.20. The van der Waals surface area contributed by atoms with E-state index in [1.54, 1.807) is 12.3 Å². The predicted octanol–water partition coefficient (Wildman–Crippen LogP) is 2.56. The van der Waals surface area contributed by atoms with Crippen molar-refractivity contribution in [2.75, 3.05) is 18.0 Å². The van der Waals surface area contributed by atoms with Crippen LogP contribution in [0.4, 0.5) is 5.69 Å². The maximum absolute atomic E-state index is 8.78. The van der Waals surface area contributed by atoms with Crippen molar-refractivity contribution in [1.82, 2.24) is 4.98 Å². The molecule has 0 radical (unpaired) electrons. The van der Waals surface area contributed by atoms with Crippen molar-refractivity contribution in [1.29, 1.82) is 5.26 Å². The Morgan fingerprint density at radius 1 is 1.00 bits per heavy atom. The standard InChI is InChI=1S/C16H15N3/c17-11-15-5-6-16(12-18-15)19-9-7-13-3-1-2-4-14(13)8-10-19/h1-6,12H,7-10H2. The van der Waals surface area contributed by atoms with Crippen LogP contribution < -0.4 is 4.90 Å². The van der Waals surface area contributed by atoms with Crippen LogP contribution in [0.2, 0.25) is 0 Å². The lowest BCUT2D eigenvalue weighted by molar-refractivity contribution is 0.803. The van der Waals surface area contributed by atoms with Gasteiger partial charge in [0.1, 0.15) is 11.8 Å². The molecule has 94 valence electrons. The summed E-state index contributed by atoms with van der Waals surface area (Å²) in [6, 6.07) is 14.5. The van der Waals surface area contributed by atoms with Crippen molar-refractivity contribution in [3.05, 3.63) is 59.4 Å². The first-order chi connectivity index (χ1) is 9.36. The van der Waals surface area contributed by atoms with Crippen LogP contribution in [0.25, 0.3) is 0 Å². The zero-order chi connectivity index (χ0) is 13.1. The third kappa shape index (κ3) is 2.43. The molecule has 0 saturated carbocycles. The number of benzene rings is 1. The quantitative estimate of drug-likeness (QED) is 0.779. The van der Waals surface area contributed by atoms with Crippen LogP contribution in [-0.2, 0) is 12.8 Å². The summed E-state index contributed by atoms with van der Waals surface area (Å²) in [6.45, 7) is 2.01. The topological polar surface area (TPSA) is 39.9 Å². The molecule has 0 N–H and O–H groups in total. The number of nitrogens with zero attached hydrogens (tertiary/aromatic N) is 3. The predicted molar refractivity (Wildman–Crippen MR) is 75.0 cm³/mol. The maximum Gasteiger partial charge on any atom is 0.140 e. The lowest BCUT2D eigenvalue weighted by Crippen LogP contribution is -2.26. The molecule has 0 spiro atoms. The van der Waals surface area contributed by atoms with Gasteiger partial charge in [0.15, 0.2) is 0 Å². The zero-order valence-corrected chi connectivity index (χ0v) is 10.7. The number of aromatic nitrogens is 1. The van der Waals surface area contributed by atoms with Gasteiger partial charge in [-0.3, -0.25) is 0 Å². The van der Waals surface area contributed by atoms with Crippen LogP contribution in [0, 0.1) is 11.3 Å². The average molecular weight is 249 g/mol. The molecule has 0 fully saturated rings. The van der Waals surface area contributed by atoms with E-state index in [0.29, 0.717) is 5.69 Å². The summed E-state index contributed by atoms with van der Waals surface area (Å²) in [5.41, 5.74) is 4.48. The molecule has 1 aromatic carbocycles. The van der Waals surface area contributed by atoms with Gasteiger partial charge >= 0.3 is 0 Å². The van der Waals surface area contributed by atoms with E-state index in [4.69, 9.17) is 5.26 Å². The molecular weight excluding hydrogens is 234 g/mol. The highest BCUT2D eigenvalue weighted by atomic mass is 15.1. The summed E-state index contributed by atoms with van der Waals surface area (Å²) in [5.74, 6) is 0. The van der Waals surface area contributed by atoms with Gasteiger partial charge in [-0.1, -0.05) is 24.3 Å². The highest BCUT2D eigenvalue weighted by molar-refractivity contribution is 5.47. The lowest BCUT2D eigenvalue weighted by Gasteiger charge is -2.22. The smallest absolute Gasteiger partial charge is 0.140 e. The SMILES string of the molecule is N#Cc1ccc(N2CCc3ccccc3CC2)cn1. The number of hydrogen-bond acceptors (Lipinski definition) is 3. The minimum atomic E-state index is 0.474. The number of anilines is 1. The molecule has 1 aromatic heterocycles. The van der Waals surface area contributed by atoms with E-state index in [-0.39, 0.29) is 0 Å². The molecule has 2 aromatic rings. The Morgan fingerprint density at radius 3 is 2.21 bits per heavy atom. The molecule has 1 aliphatic heterocycles. The normalized spacial score (nSPS) is 14.4. The molecule has 0 atom stereocenters. The molecule has 0 saturated heterocycles. The number of hydrogen-bond donors (Lipinski definition) is 0. The molecule has 19 heavy (non-hydrogen) atoms. The Bertz CT molecular complexity index is 584. The molecule has 0 unspecified atom stereocenters. The molecule has 3 rings (SSSR count). The van der Waals surface area contributed by atoms with Gasteiger partial charge in [0.2, 0.25) is 0 Å². The summed E-state index contributed by atoms with van der Waals surface area (Å²) in [6.07, 6.45) is 3.93. The second-order valence-electron chi connectivity index (χ2n) is 4.77. The fraction of sp³-hybridized carbons (Fsp3) is 0.250. The number of nitriles is 1. The van der Waals surface area contributed by atoms with Crippen LogP contribution in [-0.4, -0.2) is 18.1 Å². The van der Waals surface area contributed by atoms with E-state index in [0.717, 1.165) is 31.6 Å². The van der Waals surface area contributed by atoms with E-state index in [9.17, 15) is 0 Å². The Balaban J connectivity index is 1.79. The van der Waals surface area contributed by atoms with Crippen molar-refractivity contribution < 1.29 is 0 Å². The summed E-state index contributed by atoms with van der Waals surface area (Å²) in [4.78, 5) is 6.49. The molecule has 2 heterocycles. The van der Waals surface area contributed by atoms with Crippen LogP contribution in [0.3, 0.4) is 0 Å². The molecule has 3 nitrogen and oxygen atoms in total. The Hall–Kier alpha value is -2.34. The summed E-state index contributed by atoms with van der Waals surface area (Å²) in [5, 5.41) is 8.78. The molecule has 1 aliphatic rings. The number of pyridine rings is 1. The fourth-order valence-electron chi connectivity index (χ4n) is 2.57. The van der Waals surface area contributed by atoms with Gasteiger partial charge in [0, 0.05) is 13.1 Å². The number of fused-ring (bicyclic) bond motifs is 1. The summed E-state index contributed by atoms with van der Waals surface area (Å²) < 4.78 is 0. The van der Waals surface area contributed by atoms with Crippen LogP contribution in [0.5, 0.6) is 0 Å². The van der Waals surface area contributed by atoms with Gasteiger partial charge in [-0.05, 0) is 36.1 Å². The Morgan fingerprint density at radius 2 is 1.68 bits per heavy atom.